The van der Waals surface area contributed by atoms with E-state index in [2.05, 4.69) is 31.0 Å². The van der Waals surface area contributed by atoms with Gasteiger partial charge in [0.1, 0.15) is 4.32 Å². The Morgan fingerprint density at radius 1 is 1.25 bits per heavy atom. The maximum absolute atomic E-state index is 11.9. The summed E-state index contributed by atoms with van der Waals surface area (Å²) in [6.07, 6.45) is 5.91. The van der Waals surface area contributed by atoms with Gasteiger partial charge in [0.2, 0.25) is 5.91 Å². The van der Waals surface area contributed by atoms with Gasteiger partial charge in [-0.1, -0.05) is 50.7 Å². The zero-order chi connectivity index (χ0) is 15.0. The number of nitrogens with one attached hydrogen (secondary N) is 1. The fourth-order valence-electron chi connectivity index (χ4n) is 2.34. The second-order valence-corrected chi connectivity index (χ2v) is 7.65. The van der Waals surface area contributed by atoms with Crippen LogP contribution in [-0.2, 0) is 4.79 Å². The highest BCUT2D eigenvalue weighted by Gasteiger charge is 2.16. The summed E-state index contributed by atoms with van der Waals surface area (Å²) in [5.74, 6) is 1.30. The van der Waals surface area contributed by atoms with Crippen LogP contribution < -0.4 is 5.32 Å². The molecule has 1 saturated heterocycles. The third-order valence-electron chi connectivity index (χ3n) is 3.52. The average Bonchev–Trinajstić information content (AvgIpc) is 2.89. The van der Waals surface area contributed by atoms with Crippen LogP contribution in [0.1, 0.15) is 52.9 Å². The zero-order valence-electron chi connectivity index (χ0n) is 13.0. The lowest BCUT2D eigenvalue weighted by Gasteiger charge is -2.18. The Morgan fingerprint density at radius 2 is 1.90 bits per heavy atom. The third kappa shape index (κ3) is 7.48. The number of carbonyl (C=O) groups is 1. The van der Waals surface area contributed by atoms with Crippen LogP contribution in [0.15, 0.2) is 0 Å². The fraction of sp³-hybridized carbons (Fsp3) is 0.867. The molecule has 1 unspecified atom stereocenters. The van der Waals surface area contributed by atoms with Gasteiger partial charge in [-0.15, -0.1) is 0 Å². The third-order valence-corrected chi connectivity index (χ3v) is 5.04. The van der Waals surface area contributed by atoms with Crippen LogP contribution in [-0.4, -0.2) is 40.0 Å². The number of thiocarbonyl (C=S) groups is 1. The summed E-state index contributed by atoms with van der Waals surface area (Å²) in [7, 11) is 0. The summed E-state index contributed by atoms with van der Waals surface area (Å²) in [6.45, 7) is 8.66. The van der Waals surface area contributed by atoms with Crippen LogP contribution in [0, 0.1) is 5.92 Å². The summed E-state index contributed by atoms with van der Waals surface area (Å²) in [5.41, 5.74) is 0. The maximum atomic E-state index is 11.9. The van der Waals surface area contributed by atoms with E-state index in [0.717, 1.165) is 29.7 Å². The van der Waals surface area contributed by atoms with Crippen LogP contribution in [0.25, 0.3) is 0 Å². The zero-order valence-corrected chi connectivity index (χ0v) is 14.6. The Hall–Kier alpha value is -0.290. The first kappa shape index (κ1) is 17.8. The maximum Gasteiger partial charge on any atom is 0.230 e. The van der Waals surface area contributed by atoms with Crippen molar-refractivity contribution in [3.63, 3.8) is 0 Å². The largest absolute Gasteiger partial charge is 0.358 e. The SMILES string of the molecule is CC(C)CCCC(C)NC(=O)CSC(=S)N1CCCC1. The Labute approximate surface area is 133 Å². The number of amides is 1. The van der Waals surface area contributed by atoms with Gasteiger partial charge in [-0.05, 0) is 32.1 Å². The van der Waals surface area contributed by atoms with Crippen molar-refractivity contribution in [2.24, 2.45) is 5.92 Å². The smallest absolute Gasteiger partial charge is 0.230 e. The molecule has 0 aromatic heterocycles. The highest BCUT2D eigenvalue weighted by atomic mass is 32.2. The van der Waals surface area contributed by atoms with Gasteiger partial charge in [-0.3, -0.25) is 4.79 Å². The van der Waals surface area contributed by atoms with Gasteiger partial charge < -0.3 is 10.2 Å². The van der Waals surface area contributed by atoms with Crippen molar-refractivity contribution in [3.8, 4) is 0 Å². The average molecular weight is 317 g/mol. The molecule has 0 bridgehead atoms. The number of likely N-dealkylation sites (tertiary alicyclic amines) is 1. The number of rotatable bonds is 7. The Morgan fingerprint density at radius 3 is 2.50 bits per heavy atom. The van der Waals surface area contributed by atoms with Crippen molar-refractivity contribution in [1.82, 2.24) is 10.2 Å². The van der Waals surface area contributed by atoms with Gasteiger partial charge in [0.25, 0.3) is 0 Å². The molecule has 0 aromatic rings. The van der Waals surface area contributed by atoms with Crippen molar-refractivity contribution in [2.45, 2.75) is 58.9 Å². The van der Waals surface area contributed by atoms with E-state index in [4.69, 9.17) is 12.2 Å². The molecule has 0 aromatic carbocycles. The molecule has 1 N–H and O–H groups in total. The van der Waals surface area contributed by atoms with E-state index in [1.165, 1.54) is 37.4 Å². The first-order valence-electron chi connectivity index (χ1n) is 7.70. The molecule has 3 nitrogen and oxygen atoms in total. The van der Waals surface area contributed by atoms with Crippen LogP contribution in [0.4, 0.5) is 0 Å². The number of nitrogens with zero attached hydrogens (tertiary/aromatic N) is 1. The minimum Gasteiger partial charge on any atom is -0.358 e. The predicted molar refractivity (Wildman–Crippen MR) is 92.2 cm³/mol. The summed E-state index contributed by atoms with van der Waals surface area (Å²) in [6, 6.07) is 0.266. The van der Waals surface area contributed by atoms with Crippen LogP contribution in [0.2, 0.25) is 0 Å². The molecule has 0 aliphatic carbocycles. The van der Waals surface area contributed by atoms with E-state index in [1.807, 2.05) is 0 Å². The van der Waals surface area contributed by atoms with Gasteiger partial charge in [0.15, 0.2) is 0 Å². The molecule has 1 heterocycles. The van der Waals surface area contributed by atoms with E-state index in [0.29, 0.717) is 5.75 Å². The van der Waals surface area contributed by atoms with Crippen molar-refractivity contribution in [1.29, 1.82) is 0 Å². The van der Waals surface area contributed by atoms with Crippen LogP contribution in [0.5, 0.6) is 0 Å². The van der Waals surface area contributed by atoms with Crippen molar-refractivity contribution in [2.75, 3.05) is 18.8 Å². The molecule has 116 valence electrons. The first-order chi connectivity index (χ1) is 9.49. The molecule has 5 heteroatoms. The molecule has 20 heavy (non-hydrogen) atoms. The molecule has 0 radical (unpaired) electrons. The van der Waals surface area contributed by atoms with Gasteiger partial charge in [0, 0.05) is 19.1 Å². The number of carbonyl (C=O) groups excluding carboxylic acids is 1. The highest BCUT2D eigenvalue weighted by Crippen LogP contribution is 2.16. The minimum absolute atomic E-state index is 0.105. The summed E-state index contributed by atoms with van der Waals surface area (Å²) in [4.78, 5) is 14.1. The molecule has 1 rings (SSSR count). The normalized spacial score (nSPS) is 16.5. The van der Waals surface area contributed by atoms with Crippen molar-refractivity contribution < 1.29 is 4.79 Å². The Balaban J connectivity index is 2.11. The molecular weight excluding hydrogens is 288 g/mol. The number of hydrogen-bond acceptors (Lipinski definition) is 3. The van der Waals surface area contributed by atoms with Crippen molar-refractivity contribution in [3.05, 3.63) is 0 Å². The van der Waals surface area contributed by atoms with Gasteiger partial charge in [0.05, 0.1) is 5.75 Å². The van der Waals surface area contributed by atoms with E-state index in [1.54, 1.807) is 0 Å². The van der Waals surface area contributed by atoms with Crippen LogP contribution >= 0.6 is 24.0 Å². The predicted octanol–water partition coefficient (Wildman–Crippen LogP) is 3.43. The number of hydrogen-bond donors (Lipinski definition) is 1. The summed E-state index contributed by atoms with van der Waals surface area (Å²) >= 11 is 6.85. The molecule has 1 amide bonds. The lowest BCUT2D eigenvalue weighted by Crippen LogP contribution is -2.34. The number of thioether (sulfide) groups is 1. The van der Waals surface area contributed by atoms with Gasteiger partial charge >= 0.3 is 0 Å². The summed E-state index contributed by atoms with van der Waals surface area (Å²) < 4.78 is 0.880. The molecule has 0 spiro atoms. The minimum atomic E-state index is 0.105. The Kier molecular flexibility index (Phi) is 8.53. The van der Waals surface area contributed by atoms with Gasteiger partial charge in [-0.2, -0.15) is 0 Å². The summed E-state index contributed by atoms with van der Waals surface area (Å²) in [5, 5.41) is 3.06. The first-order valence-corrected chi connectivity index (χ1v) is 9.09. The fourth-order valence-corrected chi connectivity index (χ4v) is 3.40. The molecule has 1 fully saturated rings. The van der Waals surface area contributed by atoms with Crippen molar-refractivity contribution >= 4 is 34.2 Å². The lowest BCUT2D eigenvalue weighted by atomic mass is 10.0. The second-order valence-electron chi connectivity index (χ2n) is 6.04. The lowest BCUT2D eigenvalue weighted by molar-refractivity contribution is -0.119. The quantitative estimate of drug-likeness (QED) is 0.729. The molecule has 1 aliphatic heterocycles. The topological polar surface area (TPSA) is 32.3 Å². The highest BCUT2D eigenvalue weighted by molar-refractivity contribution is 8.23. The van der Waals surface area contributed by atoms with Gasteiger partial charge in [-0.25, -0.2) is 0 Å². The Bertz CT molecular complexity index is 315. The monoisotopic (exact) mass is 316 g/mol. The molecule has 1 atom stereocenters. The molecule has 1 aliphatic rings. The van der Waals surface area contributed by atoms with E-state index in [9.17, 15) is 4.79 Å². The molecular formula is C15H28N2OS2. The second kappa shape index (κ2) is 9.61. The standard InChI is InChI=1S/C15H28N2OS2/c1-12(2)7-6-8-13(3)16-14(18)11-20-15(19)17-9-4-5-10-17/h12-13H,4-11H2,1-3H3,(H,16,18). The van der Waals surface area contributed by atoms with Crippen LogP contribution in [0.3, 0.4) is 0 Å². The van der Waals surface area contributed by atoms with E-state index < -0.39 is 0 Å². The van der Waals surface area contributed by atoms with E-state index in [-0.39, 0.29) is 11.9 Å². The van der Waals surface area contributed by atoms with E-state index >= 15 is 0 Å². The molecule has 0 saturated carbocycles.